The van der Waals surface area contributed by atoms with Crippen LogP contribution in [0.4, 0.5) is 0 Å². The smallest absolute Gasteiger partial charge is 0.160 e. The Morgan fingerprint density at radius 1 is 1.00 bits per heavy atom. The van der Waals surface area contributed by atoms with E-state index in [9.17, 15) is 4.79 Å². The molecule has 0 unspecified atom stereocenters. The van der Waals surface area contributed by atoms with Gasteiger partial charge >= 0.3 is 0 Å². The van der Waals surface area contributed by atoms with E-state index in [0.29, 0.717) is 6.42 Å². The van der Waals surface area contributed by atoms with Gasteiger partial charge in [0.15, 0.2) is 5.78 Å². The van der Waals surface area contributed by atoms with Crippen molar-refractivity contribution in [2.45, 2.75) is 6.42 Å². The van der Waals surface area contributed by atoms with Crippen molar-refractivity contribution < 1.29 is 4.79 Å². The molecule has 0 saturated heterocycles. The molecule has 0 spiro atoms. The van der Waals surface area contributed by atoms with Gasteiger partial charge in [-0.05, 0) is 17.2 Å². The van der Waals surface area contributed by atoms with Gasteiger partial charge in [-0.25, -0.2) is 0 Å². The van der Waals surface area contributed by atoms with Crippen LogP contribution in [0.1, 0.15) is 11.1 Å². The molecular formula is C12H10O. The molecule has 64 valence electrons. The summed E-state index contributed by atoms with van der Waals surface area (Å²) < 4.78 is 0. The lowest BCUT2D eigenvalue weighted by molar-refractivity contribution is -0.114. The van der Waals surface area contributed by atoms with Gasteiger partial charge in [0.2, 0.25) is 0 Å². The summed E-state index contributed by atoms with van der Waals surface area (Å²) in [5.74, 6) is 0.164. The van der Waals surface area contributed by atoms with Gasteiger partial charge in [-0.3, -0.25) is 4.79 Å². The third-order valence-electron chi connectivity index (χ3n) is 2.09. The van der Waals surface area contributed by atoms with Crippen molar-refractivity contribution in [3.05, 3.63) is 53.6 Å². The lowest BCUT2D eigenvalue weighted by Crippen LogP contribution is -2.01. The second-order valence-corrected chi connectivity index (χ2v) is 3.06. The molecule has 0 atom stereocenters. The third-order valence-corrected chi connectivity index (χ3v) is 2.09. The first-order valence-corrected chi connectivity index (χ1v) is 4.32. The van der Waals surface area contributed by atoms with Crippen molar-refractivity contribution in [1.29, 1.82) is 0 Å². The van der Waals surface area contributed by atoms with E-state index >= 15 is 0 Å². The molecule has 0 saturated carbocycles. The van der Waals surface area contributed by atoms with E-state index in [2.05, 4.69) is 0 Å². The standard InChI is InChI=1S/C12H10O/c13-12-8-4-3-6-10-5-1-2-7-11(10)9-12/h1-8H,9H2. The van der Waals surface area contributed by atoms with Crippen LogP contribution < -0.4 is 0 Å². The maximum Gasteiger partial charge on any atom is 0.160 e. The van der Waals surface area contributed by atoms with Crippen molar-refractivity contribution in [1.82, 2.24) is 0 Å². The predicted molar refractivity (Wildman–Crippen MR) is 53.3 cm³/mol. The minimum Gasteiger partial charge on any atom is -0.294 e. The fourth-order valence-electron chi connectivity index (χ4n) is 1.43. The van der Waals surface area contributed by atoms with Gasteiger partial charge in [-0.15, -0.1) is 0 Å². The molecular weight excluding hydrogens is 160 g/mol. The molecule has 0 fully saturated rings. The number of rotatable bonds is 0. The maximum atomic E-state index is 11.3. The molecule has 0 aromatic heterocycles. The van der Waals surface area contributed by atoms with E-state index in [-0.39, 0.29) is 5.78 Å². The molecule has 0 amide bonds. The summed E-state index contributed by atoms with van der Waals surface area (Å²) in [6, 6.07) is 7.97. The molecule has 1 nitrogen and oxygen atoms in total. The van der Waals surface area contributed by atoms with E-state index in [4.69, 9.17) is 0 Å². The van der Waals surface area contributed by atoms with Crippen molar-refractivity contribution in [2.24, 2.45) is 0 Å². The first kappa shape index (κ1) is 7.99. The minimum atomic E-state index is 0.164. The maximum absolute atomic E-state index is 11.3. The summed E-state index contributed by atoms with van der Waals surface area (Å²) in [5, 5.41) is 0. The van der Waals surface area contributed by atoms with Gasteiger partial charge in [-0.2, -0.15) is 0 Å². The monoisotopic (exact) mass is 170 g/mol. The Labute approximate surface area is 77.4 Å². The normalized spacial score (nSPS) is 14.9. The Morgan fingerprint density at radius 2 is 1.77 bits per heavy atom. The summed E-state index contributed by atoms with van der Waals surface area (Å²) in [6.07, 6.45) is 7.84. The van der Waals surface area contributed by atoms with Crippen LogP contribution in [-0.4, -0.2) is 5.78 Å². The van der Waals surface area contributed by atoms with Crippen LogP contribution in [-0.2, 0) is 11.2 Å². The molecule has 2 rings (SSSR count). The fraction of sp³-hybridized carbons (Fsp3) is 0.0833. The van der Waals surface area contributed by atoms with Gasteiger partial charge in [0.25, 0.3) is 0 Å². The van der Waals surface area contributed by atoms with E-state index in [1.165, 1.54) is 0 Å². The van der Waals surface area contributed by atoms with Crippen molar-refractivity contribution in [3.63, 3.8) is 0 Å². The molecule has 0 aliphatic heterocycles. The molecule has 0 bridgehead atoms. The van der Waals surface area contributed by atoms with Crippen molar-refractivity contribution in [2.75, 3.05) is 0 Å². The second-order valence-electron chi connectivity index (χ2n) is 3.06. The number of hydrogen-bond donors (Lipinski definition) is 0. The highest BCUT2D eigenvalue weighted by atomic mass is 16.1. The van der Waals surface area contributed by atoms with Gasteiger partial charge in [0.05, 0.1) is 0 Å². The van der Waals surface area contributed by atoms with Crippen LogP contribution in [0.15, 0.2) is 42.5 Å². The van der Waals surface area contributed by atoms with Crippen molar-refractivity contribution in [3.8, 4) is 0 Å². The van der Waals surface area contributed by atoms with Crippen LogP contribution in [0.25, 0.3) is 6.08 Å². The number of fused-ring (bicyclic) bond motifs is 1. The first-order valence-electron chi connectivity index (χ1n) is 4.32. The van der Waals surface area contributed by atoms with Crippen LogP contribution in [0.3, 0.4) is 0 Å². The summed E-state index contributed by atoms with van der Waals surface area (Å²) in [7, 11) is 0. The van der Waals surface area contributed by atoms with Gasteiger partial charge in [0.1, 0.15) is 0 Å². The zero-order valence-electron chi connectivity index (χ0n) is 7.23. The van der Waals surface area contributed by atoms with Crippen LogP contribution in [0.2, 0.25) is 0 Å². The van der Waals surface area contributed by atoms with E-state index in [1.54, 1.807) is 12.2 Å². The Kier molecular flexibility index (Phi) is 2.09. The number of allylic oxidation sites excluding steroid dienone is 3. The summed E-state index contributed by atoms with van der Waals surface area (Å²) in [6.45, 7) is 0. The zero-order valence-corrected chi connectivity index (χ0v) is 7.23. The highest BCUT2D eigenvalue weighted by Crippen LogP contribution is 2.13. The highest BCUT2D eigenvalue weighted by molar-refractivity contribution is 5.93. The Morgan fingerprint density at radius 3 is 2.69 bits per heavy atom. The number of carbonyl (C=O) groups is 1. The summed E-state index contributed by atoms with van der Waals surface area (Å²) in [4.78, 5) is 11.3. The topological polar surface area (TPSA) is 17.1 Å². The Hall–Kier alpha value is -1.63. The van der Waals surface area contributed by atoms with Crippen molar-refractivity contribution >= 4 is 11.9 Å². The van der Waals surface area contributed by atoms with Crippen LogP contribution in [0, 0.1) is 0 Å². The Bertz CT molecular complexity index is 386. The Balaban J connectivity index is 2.49. The van der Waals surface area contributed by atoms with Crippen LogP contribution in [0.5, 0.6) is 0 Å². The molecule has 1 aromatic rings. The molecule has 0 N–H and O–H groups in total. The molecule has 1 heteroatoms. The largest absolute Gasteiger partial charge is 0.294 e. The fourth-order valence-corrected chi connectivity index (χ4v) is 1.43. The quantitative estimate of drug-likeness (QED) is 0.584. The van der Waals surface area contributed by atoms with E-state index in [1.807, 2.05) is 36.4 Å². The lowest BCUT2D eigenvalue weighted by atomic mass is 10.00. The molecule has 0 heterocycles. The number of hydrogen-bond acceptors (Lipinski definition) is 1. The summed E-state index contributed by atoms with van der Waals surface area (Å²) in [5.41, 5.74) is 2.24. The van der Waals surface area contributed by atoms with Gasteiger partial charge in [-0.1, -0.05) is 42.5 Å². The number of benzene rings is 1. The van der Waals surface area contributed by atoms with Crippen LogP contribution >= 0.6 is 0 Å². The third kappa shape index (κ3) is 1.75. The lowest BCUT2D eigenvalue weighted by Gasteiger charge is -2.04. The van der Waals surface area contributed by atoms with E-state index in [0.717, 1.165) is 11.1 Å². The summed E-state index contributed by atoms with van der Waals surface area (Å²) >= 11 is 0. The number of ketones is 1. The zero-order chi connectivity index (χ0) is 9.10. The molecule has 1 aliphatic rings. The average molecular weight is 170 g/mol. The predicted octanol–water partition coefficient (Wildman–Crippen LogP) is 2.38. The minimum absolute atomic E-state index is 0.164. The average Bonchev–Trinajstić information content (AvgIpc) is 2.11. The SMILES string of the molecule is O=C1C=CC=Cc2ccccc2C1. The molecule has 0 radical (unpaired) electrons. The molecule has 1 aliphatic carbocycles. The van der Waals surface area contributed by atoms with Gasteiger partial charge in [0, 0.05) is 6.42 Å². The van der Waals surface area contributed by atoms with E-state index < -0.39 is 0 Å². The number of carbonyl (C=O) groups excluding carboxylic acids is 1. The molecule has 13 heavy (non-hydrogen) atoms. The van der Waals surface area contributed by atoms with Gasteiger partial charge < -0.3 is 0 Å². The second kappa shape index (κ2) is 3.40. The molecule has 1 aromatic carbocycles. The highest BCUT2D eigenvalue weighted by Gasteiger charge is 2.04. The first-order chi connectivity index (χ1) is 6.36.